The first-order valence-electron chi connectivity index (χ1n) is 6.39. The molecule has 0 spiro atoms. The molecule has 0 saturated carbocycles. The smallest absolute Gasteiger partial charge is 0.280 e. The van der Waals surface area contributed by atoms with Gasteiger partial charge in [-0.15, -0.1) is 11.3 Å². The van der Waals surface area contributed by atoms with Gasteiger partial charge in [-0.1, -0.05) is 20.8 Å². The Balaban J connectivity index is 2.25. The summed E-state index contributed by atoms with van der Waals surface area (Å²) in [5.74, 6) is 0. The van der Waals surface area contributed by atoms with Gasteiger partial charge in [0.05, 0.1) is 11.9 Å². The van der Waals surface area contributed by atoms with E-state index in [2.05, 4.69) is 25.2 Å². The third-order valence-electron chi connectivity index (χ3n) is 2.81. The molecule has 0 aliphatic rings. The van der Waals surface area contributed by atoms with Crippen molar-refractivity contribution in [1.82, 2.24) is 20.5 Å². The van der Waals surface area contributed by atoms with E-state index in [1.807, 2.05) is 26.2 Å². The molecule has 7 nitrogen and oxygen atoms in total. The Hall–Kier alpha value is -1.45. The summed E-state index contributed by atoms with van der Waals surface area (Å²) in [6, 6.07) is 0. The van der Waals surface area contributed by atoms with E-state index < -0.39 is 10.0 Å². The van der Waals surface area contributed by atoms with Gasteiger partial charge in [0, 0.05) is 22.9 Å². The summed E-state index contributed by atoms with van der Waals surface area (Å²) in [6.07, 6.45) is 1.49. The fraction of sp³-hybridized carbons (Fsp3) is 0.500. The maximum Gasteiger partial charge on any atom is 0.280 e. The Bertz CT molecular complexity index is 712. The molecule has 0 radical (unpaired) electrons. The van der Waals surface area contributed by atoms with Crippen LogP contribution in [-0.4, -0.2) is 30.6 Å². The Morgan fingerprint density at radius 1 is 1.38 bits per heavy atom. The molecule has 0 unspecified atom stereocenters. The van der Waals surface area contributed by atoms with Crippen molar-refractivity contribution in [1.29, 1.82) is 0 Å². The fourth-order valence-electron chi connectivity index (χ4n) is 1.68. The highest BCUT2D eigenvalue weighted by molar-refractivity contribution is 7.92. The Morgan fingerprint density at radius 2 is 2.10 bits per heavy atom. The number of hydrogen-bond acceptors (Lipinski definition) is 6. The van der Waals surface area contributed by atoms with E-state index in [0.717, 1.165) is 5.69 Å². The summed E-state index contributed by atoms with van der Waals surface area (Å²) in [5.41, 5.74) is 1.31. The van der Waals surface area contributed by atoms with Gasteiger partial charge in [0.15, 0.2) is 10.2 Å². The van der Waals surface area contributed by atoms with Gasteiger partial charge in [-0.2, -0.15) is 13.5 Å². The van der Waals surface area contributed by atoms with Crippen LogP contribution in [0.4, 0.5) is 5.13 Å². The molecule has 3 N–H and O–H groups in total. The molecule has 0 atom stereocenters. The number of aromatic amines is 1. The second-order valence-corrected chi connectivity index (χ2v) is 8.13. The summed E-state index contributed by atoms with van der Waals surface area (Å²) < 4.78 is 27.2. The quantitative estimate of drug-likeness (QED) is 0.775. The van der Waals surface area contributed by atoms with Gasteiger partial charge >= 0.3 is 0 Å². The normalized spacial score (nSPS) is 12.6. The molecule has 0 aromatic carbocycles. The molecule has 0 aliphatic heterocycles. The van der Waals surface area contributed by atoms with E-state index in [4.69, 9.17) is 0 Å². The van der Waals surface area contributed by atoms with Crippen LogP contribution in [0, 0.1) is 0 Å². The predicted molar refractivity (Wildman–Crippen MR) is 83.0 cm³/mol. The number of nitrogens with zero attached hydrogens (tertiary/aromatic N) is 2. The number of hydrogen-bond donors (Lipinski definition) is 3. The van der Waals surface area contributed by atoms with Crippen LogP contribution in [0.25, 0.3) is 0 Å². The van der Waals surface area contributed by atoms with Gasteiger partial charge in [0.25, 0.3) is 10.0 Å². The molecule has 0 saturated heterocycles. The third-order valence-corrected chi connectivity index (χ3v) is 5.05. The Morgan fingerprint density at radius 3 is 2.67 bits per heavy atom. The van der Waals surface area contributed by atoms with Crippen molar-refractivity contribution in [2.45, 2.75) is 37.8 Å². The molecule has 2 aromatic heterocycles. The molecular formula is C12H19N5O2S2. The maximum atomic E-state index is 12.4. The summed E-state index contributed by atoms with van der Waals surface area (Å²) >= 11 is 1.27. The van der Waals surface area contributed by atoms with Crippen LogP contribution < -0.4 is 10.0 Å². The first-order valence-corrected chi connectivity index (χ1v) is 8.76. The minimum absolute atomic E-state index is 0.0596. The number of H-pyrrole nitrogens is 1. The second kappa shape index (κ2) is 5.74. The van der Waals surface area contributed by atoms with Crippen LogP contribution in [0.2, 0.25) is 0 Å². The van der Waals surface area contributed by atoms with Crippen LogP contribution in [-0.2, 0) is 22.0 Å². The van der Waals surface area contributed by atoms with Crippen LogP contribution in [0.3, 0.4) is 0 Å². The Labute approximate surface area is 128 Å². The minimum atomic E-state index is -3.72. The standard InChI is InChI=1S/C12H19N5O2S2/c1-12(2,3)9-7-20-11(15-9)17-21(18,19)10-8(5-13-4)6-14-16-10/h6-7,13H,5H2,1-4H3,(H,14,16)(H,15,17). The summed E-state index contributed by atoms with van der Waals surface area (Å²) in [7, 11) is -1.97. The zero-order valence-corrected chi connectivity index (χ0v) is 14.0. The lowest BCUT2D eigenvalue weighted by molar-refractivity contribution is 0.573. The summed E-state index contributed by atoms with van der Waals surface area (Å²) in [6.45, 7) is 6.50. The topological polar surface area (TPSA) is 99.8 Å². The zero-order valence-electron chi connectivity index (χ0n) is 12.4. The SMILES string of the molecule is CNCc1cn[nH]c1S(=O)(=O)Nc1nc(C(C)(C)C)cs1. The first-order chi connectivity index (χ1) is 9.74. The molecule has 2 rings (SSSR count). The van der Waals surface area contributed by atoms with Crippen LogP contribution >= 0.6 is 11.3 Å². The number of thiazole rings is 1. The van der Waals surface area contributed by atoms with Crippen molar-refractivity contribution in [3.63, 3.8) is 0 Å². The highest BCUT2D eigenvalue weighted by Crippen LogP contribution is 2.27. The van der Waals surface area contributed by atoms with E-state index in [9.17, 15) is 8.42 Å². The molecule has 0 aliphatic carbocycles. The molecular weight excluding hydrogens is 310 g/mol. The number of aromatic nitrogens is 3. The first kappa shape index (κ1) is 15.9. The summed E-state index contributed by atoms with van der Waals surface area (Å²) in [5, 5.41) is 11.5. The lowest BCUT2D eigenvalue weighted by Gasteiger charge is -2.14. The van der Waals surface area contributed by atoms with Crippen LogP contribution in [0.15, 0.2) is 16.6 Å². The van der Waals surface area contributed by atoms with E-state index in [-0.39, 0.29) is 10.4 Å². The largest absolute Gasteiger partial charge is 0.316 e. The monoisotopic (exact) mass is 329 g/mol. The molecule has 2 aromatic rings. The van der Waals surface area contributed by atoms with Crippen LogP contribution in [0.1, 0.15) is 32.0 Å². The average Bonchev–Trinajstić information content (AvgIpc) is 2.97. The van der Waals surface area contributed by atoms with Crippen molar-refractivity contribution in [3.05, 3.63) is 22.8 Å². The lowest BCUT2D eigenvalue weighted by Crippen LogP contribution is -2.17. The minimum Gasteiger partial charge on any atom is -0.316 e. The molecule has 2 heterocycles. The van der Waals surface area contributed by atoms with Gasteiger partial charge in [-0.3, -0.25) is 9.82 Å². The third kappa shape index (κ3) is 3.60. The van der Waals surface area contributed by atoms with Gasteiger partial charge in [0.2, 0.25) is 0 Å². The highest BCUT2D eigenvalue weighted by atomic mass is 32.2. The van der Waals surface area contributed by atoms with E-state index in [0.29, 0.717) is 17.2 Å². The number of nitrogens with one attached hydrogen (secondary N) is 3. The van der Waals surface area contributed by atoms with Crippen molar-refractivity contribution in [2.24, 2.45) is 0 Å². The van der Waals surface area contributed by atoms with Gasteiger partial charge in [-0.05, 0) is 7.05 Å². The number of anilines is 1. The van der Waals surface area contributed by atoms with Crippen molar-refractivity contribution in [3.8, 4) is 0 Å². The number of rotatable bonds is 5. The van der Waals surface area contributed by atoms with Crippen molar-refractivity contribution < 1.29 is 8.42 Å². The zero-order chi connectivity index (χ0) is 15.7. The lowest BCUT2D eigenvalue weighted by atomic mass is 9.93. The second-order valence-electron chi connectivity index (χ2n) is 5.65. The fourth-order valence-corrected chi connectivity index (χ4v) is 4.00. The maximum absolute atomic E-state index is 12.4. The van der Waals surface area contributed by atoms with Crippen LogP contribution in [0.5, 0.6) is 0 Å². The molecule has 9 heteroatoms. The van der Waals surface area contributed by atoms with E-state index >= 15 is 0 Å². The van der Waals surface area contributed by atoms with E-state index in [1.54, 1.807) is 7.05 Å². The molecule has 0 bridgehead atoms. The van der Waals surface area contributed by atoms with Gasteiger partial charge in [-0.25, -0.2) is 4.98 Å². The van der Waals surface area contributed by atoms with Crippen molar-refractivity contribution in [2.75, 3.05) is 11.8 Å². The molecule has 0 amide bonds. The Kier molecular flexibility index (Phi) is 4.35. The van der Waals surface area contributed by atoms with E-state index in [1.165, 1.54) is 17.5 Å². The van der Waals surface area contributed by atoms with Gasteiger partial charge < -0.3 is 5.32 Å². The molecule has 116 valence electrons. The predicted octanol–water partition coefficient (Wildman–Crippen LogP) is 1.68. The molecule has 21 heavy (non-hydrogen) atoms. The van der Waals surface area contributed by atoms with Gasteiger partial charge in [0.1, 0.15) is 0 Å². The summed E-state index contributed by atoms with van der Waals surface area (Å²) in [4.78, 5) is 4.33. The average molecular weight is 329 g/mol. The number of sulfonamides is 1. The molecule has 0 fully saturated rings. The van der Waals surface area contributed by atoms with Crippen molar-refractivity contribution >= 4 is 26.5 Å². The highest BCUT2D eigenvalue weighted by Gasteiger charge is 2.23.